The third kappa shape index (κ3) is 2.92. The van der Waals surface area contributed by atoms with Crippen LogP contribution in [0.15, 0.2) is 58.8 Å². The number of anilines is 1. The first-order chi connectivity index (χ1) is 16.5. The fourth-order valence-corrected chi connectivity index (χ4v) is 6.54. The predicted molar refractivity (Wildman–Crippen MR) is 132 cm³/mol. The van der Waals surface area contributed by atoms with Crippen molar-refractivity contribution in [3.8, 4) is 11.1 Å². The van der Waals surface area contributed by atoms with Gasteiger partial charge in [0.2, 0.25) is 0 Å². The number of nitrogens with zero attached hydrogens (tertiary/aromatic N) is 5. The second-order valence-electron chi connectivity index (χ2n) is 9.63. The van der Waals surface area contributed by atoms with Gasteiger partial charge >= 0.3 is 0 Å². The first-order valence-electron chi connectivity index (χ1n) is 11.6. The number of hydrogen-bond acceptors (Lipinski definition) is 8. The van der Waals surface area contributed by atoms with Gasteiger partial charge in [0.05, 0.1) is 23.3 Å². The van der Waals surface area contributed by atoms with Crippen molar-refractivity contribution in [2.24, 2.45) is 17.6 Å². The Bertz CT molecular complexity index is 1460. The highest BCUT2D eigenvalue weighted by atomic mass is 32.2. The molecule has 170 valence electrons. The number of aliphatic hydroxyl groups is 1. The zero-order valence-corrected chi connectivity index (χ0v) is 19.6. The topological polar surface area (TPSA) is 101 Å². The summed E-state index contributed by atoms with van der Waals surface area (Å²) in [6.45, 7) is 3.84. The second-order valence-corrected chi connectivity index (χ2v) is 10.7. The minimum atomic E-state index is -0.428. The van der Waals surface area contributed by atoms with Crippen LogP contribution < -0.4 is 10.6 Å². The van der Waals surface area contributed by atoms with E-state index >= 15 is 0 Å². The number of piperidine rings is 1. The molecule has 7 nitrogen and oxygen atoms in total. The van der Waals surface area contributed by atoms with Crippen molar-refractivity contribution in [2.75, 3.05) is 24.6 Å². The van der Waals surface area contributed by atoms with Crippen molar-refractivity contribution >= 4 is 28.6 Å². The van der Waals surface area contributed by atoms with Crippen molar-refractivity contribution in [1.82, 2.24) is 19.9 Å². The Morgan fingerprint density at radius 2 is 1.97 bits per heavy atom. The lowest BCUT2D eigenvalue weighted by molar-refractivity contribution is 0.237. The van der Waals surface area contributed by atoms with Gasteiger partial charge in [0.1, 0.15) is 5.82 Å². The summed E-state index contributed by atoms with van der Waals surface area (Å²) in [5, 5.41) is 10.5. The number of aliphatic hydroxyl groups excluding tert-OH is 1. The number of aryl methyl sites for hydroxylation is 1. The summed E-state index contributed by atoms with van der Waals surface area (Å²) in [7, 11) is 0. The Balaban J connectivity index is 1.30. The monoisotopic (exact) mass is 468 g/mol. The van der Waals surface area contributed by atoms with Crippen LogP contribution in [0.4, 0.5) is 5.82 Å². The second kappa shape index (κ2) is 7.21. The smallest absolute Gasteiger partial charge is 0.194 e. The van der Waals surface area contributed by atoms with E-state index < -0.39 is 5.54 Å². The van der Waals surface area contributed by atoms with Crippen LogP contribution in [0.2, 0.25) is 0 Å². The molecule has 2 fully saturated rings. The van der Waals surface area contributed by atoms with Crippen LogP contribution in [-0.4, -0.2) is 50.3 Å². The van der Waals surface area contributed by atoms with E-state index in [1.54, 1.807) is 6.20 Å². The molecule has 0 amide bonds. The molecule has 2 unspecified atom stereocenters. The van der Waals surface area contributed by atoms with Crippen molar-refractivity contribution < 1.29 is 5.11 Å². The summed E-state index contributed by atoms with van der Waals surface area (Å²) in [5.74, 6) is 1.61. The third-order valence-corrected chi connectivity index (χ3v) is 8.59. The number of fused-ring (bicyclic) bond motifs is 5. The fraction of sp³-hybridized carbons (Fsp3) is 0.308. The predicted octanol–water partition coefficient (Wildman–Crippen LogP) is 3.21. The van der Waals surface area contributed by atoms with Crippen molar-refractivity contribution in [3.63, 3.8) is 0 Å². The molecule has 2 atom stereocenters. The lowest BCUT2D eigenvalue weighted by atomic mass is 10.0. The van der Waals surface area contributed by atoms with Gasteiger partial charge in [-0.3, -0.25) is 9.97 Å². The van der Waals surface area contributed by atoms with Gasteiger partial charge in [-0.05, 0) is 53.6 Å². The van der Waals surface area contributed by atoms with Crippen LogP contribution in [0.3, 0.4) is 0 Å². The molecule has 2 aliphatic carbocycles. The molecule has 7 rings (SSSR count). The Morgan fingerprint density at radius 1 is 1.12 bits per heavy atom. The average Bonchev–Trinajstić information content (AvgIpc) is 3.20. The molecule has 1 aliphatic heterocycles. The van der Waals surface area contributed by atoms with Gasteiger partial charge in [0.15, 0.2) is 5.16 Å². The fourth-order valence-electron chi connectivity index (χ4n) is 5.77. The highest BCUT2D eigenvalue weighted by Crippen LogP contribution is 2.55. The number of hydrogen-bond donors (Lipinski definition) is 2. The molecule has 8 heteroatoms. The Morgan fingerprint density at radius 3 is 2.79 bits per heavy atom. The molecule has 3 N–H and O–H groups in total. The molecule has 0 bridgehead atoms. The molecule has 0 spiro atoms. The number of aromatic nitrogens is 4. The quantitative estimate of drug-likeness (QED) is 0.388. The molecule has 1 aromatic carbocycles. The minimum absolute atomic E-state index is 0.0458. The van der Waals surface area contributed by atoms with E-state index in [0.717, 1.165) is 57.7 Å². The van der Waals surface area contributed by atoms with Gasteiger partial charge in [-0.1, -0.05) is 18.2 Å². The summed E-state index contributed by atoms with van der Waals surface area (Å²) in [4.78, 5) is 22.4. The van der Waals surface area contributed by atoms with E-state index in [4.69, 9.17) is 15.7 Å². The summed E-state index contributed by atoms with van der Waals surface area (Å²) in [6, 6.07) is 12.4. The molecule has 1 saturated carbocycles. The minimum Gasteiger partial charge on any atom is -0.394 e. The maximum absolute atomic E-state index is 9.74. The SMILES string of the molecule is Cc1cccc2c1Cc1nc(Sc3cnc4cccnc4c3)nc(N3CC4C(C3)C4(N)CO)c1-2. The third-order valence-electron chi connectivity index (χ3n) is 7.77. The number of pyridine rings is 2. The number of benzene rings is 1. The molecule has 3 aliphatic rings. The highest BCUT2D eigenvalue weighted by molar-refractivity contribution is 7.99. The average molecular weight is 469 g/mol. The van der Waals surface area contributed by atoms with E-state index in [-0.39, 0.29) is 6.61 Å². The first kappa shape index (κ1) is 20.3. The van der Waals surface area contributed by atoms with Crippen LogP contribution in [0.5, 0.6) is 0 Å². The van der Waals surface area contributed by atoms with Crippen molar-refractivity contribution in [2.45, 2.75) is 28.9 Å². The summed E-state index contributed by atoms with van der Waals surface area (Å²) >= 11 is 1.52. The summed E-state index contributed by atoms with van der Waals surface area (Å²) < 4.78 is 0. The van der Waals surface area contributed by atoms with Crippen LogP contribution in [0, 0.1) is 18.8 Å². The number of nitrogens with two attached hydrogens (primary N) is 1. The maximum Gasteiger partial charge on any atom is 0.194 e. The largest absolute Gasteiger partial charge is 0.394 e. The van der Waals surface area contributed by atoms with E-state index in [9.17, 15) is 5.11 Å². The Hall–Kier alpha value is -3.07. The van der Waals surface area contributed by atoms with Gasteiger partial charge in [-0.25, -0.2) is 9.97 Å². The normalized spacial score (nSPS) is 24.3. The molecule has 4 aromatic rings. The van der Waals surface area contributed by atoms with Gasteiger partial charge < -0.3 is 15.7 Å². The molecular formula is C26H24N6OS. The molecule has 3 aromatic heterocycles. The first-order valence-corrected chi connectivity index (χ1v) is 12.4. The maximum atomic E-state index is 9.74. The van der Waals surface area contributed by atoms with Crippen LogP contribution in [0.1, 0.15) is 16.8 Å². The summed E-state index contributed by atoms with van der Waals surface area (Å²) in [6.07, 6.45) is 4.46. The zero-order chi connectivity index (χ0) is 23.0. The number of rotatable bonds is 4. The molecular weight excluding hydrogens is 444 g/mol. The van der Waals surface area contributed by atoms with Gasteiger partial charge in [-0.2, -0.15) is 0 Å². The Labute approximate surface area is 201 Å². The molecule has 1 saturated heterocycles. The zero-order valence-electron chi connectivity index (χ0n) is 18.8. The molecule has 4 heterocycles. The van der Waals surface area contributed by atoms with E-state index in [0.29, 0.717) is 11.8 Å². The van der Waals surface area contributed by atoms with E-state index in [2.05, 4.69) is 40.0 Å². The van der Waals surface area contributed by atoms with Crippen LogP contribution in [-0.2, 0) is 6.42 Å². The van der Waals surface area contributed by atoms with Gasteiger partial charge in [0.25, 0.3) is 0 Å². The summed E-state index contributed by atoms with van der Waals surface area (Å²) in [5.41, 5.74) is 13.8. The van der Waals surface area contributed by atoms with Crippen LogP contribution >= 0.6 is 11.8 Å². The van der Waals surface area contributed by atoms with E-state index in [1.165, 1.54) is 28.5 Å². The standard InChI is InChI=1S/C26H24N6OS/c1-14-4-2-5-16-17(14)9-22-23(16)24(32-11-18-19(12-32)26(18,27)13-33)31-25(30-22)34-15-8-21-20(29-10-15)6-3-7-28-21/h2-8,10,18-19,33H,9,11-13,27H2,1H3. The van der Waals surface area contributed by atoms with Crippen LogP contribution in [0.25, 0.3) is 22.2 Å². The lowest BCUT2D eigenvalue weighted by Gasteiger charge is -2.26. The van der Waals surface area contributed by atoms with E-state index in [1.807, 2.05) is 24.4 Å². The van der Waals surface area contributed by atoms with Gasteiger partial charge in [-0.15, -0.1) is 0 Å². The van der Waals surface area contributed by atoms with Gasteiger partial charge in [0, 0.05) is 59.7 Å². The lowest BCUT2D eigenvalue weighted by Crippen LogP contribution is -2.40. The molecule has 0 radical (unpaired) electrons. The molecule has 34 heavy (non-hydrogen) atoms. The van der Waals surface area contributed by atoms with Crippen molar-refractivity contribution in [3.05, 3.63) is 65.6 Å². The Kier molecular flexibility index (Phi) is 4.31. The van der Waals surface area contributed by atoms with Crippen molar-refractivity contribution in [1.29, 1.82) is 0 Å². The highest BCUT2D eigenvalue weighted by Gasteiger charge is 2.66.